The van der Waals surface area contributed by atoms with Gasteiger partial charge in [0.1, 0.15) is 11.3 Å². The zero-order valence-electron chi connectivity index (χ0n) is 10.2. The number of hydrogen-bond donors (Lipinski definition) is 0. The van der Waals surface area contributed by atoms with Gasteiger partial charge in [-0.25, -0.2) is 8.78 Å². The minimum Gasteiger partial charge on any atom is -0.454 e. The minimum atomic E-state index is -2.95. The van der Waals surface area contributed by atoms with Crippen molar-refractivity contribution in [3.05, 3.63) is 54.2 Å². The third-order valence-corrected chi connectivity index (χ3v) is 2.94. The average Bonchev–Trinajstić information content (AvgIpc) is 2.82. The van der Waals surface area contributed by atoms with Crippen LogP contribution in [0.25, 0.3) is 22.4 Å². The van der Waals surface area contributed by atoms with Crippen molar-refractivity contribution in [3.63, 3.8) is 0 Å². The van der Waals surface area contributed by atoms with Gasteiger partial charge in [-0.1, -0.05) is 30.3 Å². The van der Waals surface area contributed by atoms with Crippen molar-refractivity contribution in [3.8, 4) is 11.3 Å². The zero-order valence-corrected chi connectivity index (χ0v) is 10.2. The lowest BCUT2D eigenvalue weighted by Gasteiger charge is -2.09. The lowest BCUT2D eigenvalue weighted by molar-refractivity contribution is 0.0181. The fourth-order valence-corrected chi connectivity index (χ4v) is 2.03. The Kier molecular flexibility index (Phi) is 2.59. The predicted molar refractivity (Wildman–Crippen MR) is 69.0 cm³/mol. The van der Waals surface area contributed by atoms with Crippen molar-refractivity contribution >= 4 is 11.1 Å². The highest BCUT2D eigenvalue weighted by Crippen LogP contribution is 2.35. The van der Waals surface area contributed by atoms with Gasteiger partial charge < -0.3 is 4.42 Å². The average molecular weight is 259 g/mol. The van der Waals surface area contributed by atoms with Crippen LogP contribution in [0.15, 0.2) is 53.1 Å². The summed E-state index contributed by atoms with van der Waals surface area (Å²) in [6.45, 7) is 0.854. The van der Waals surface area contributed by atoms with Gasteiger partial charge in [-0.05, 0) is 6.07 Å². The zero-order chi connectivity index (χ0) is 13.5. The van der Waals surface area contributed by atoms with Crippen molar-refractivity contribution in [1.29, 1.82) is 0 Å². The fraction of sp³-hybridized carbons (Fsp3) is 0.133. The molecule has 2 nitrogen and oxygen atoms in total. The second-order valence-electron chi connectivity index (χ2n) is 4.44. The molecule has 4 heteroatoms. The Morgan fingerprint density at radius 3 is 2.53 bits per heavy atom. The number of nitrogens with zero attached hydrogens (tertiary/aromatic N) is 1. The largest absolute Gasteiger partial charge is 0.454 e. The van der Waals surface area contributed by atoms with E-state index < -0.39 is 5.92 Å². The second-order valence-corrected chi connectivity index (χ2v) is 4.44. The molecular formula is C15H11F2NO. The molecule has 2 heterocycles. The highest BCUT2D eigenvalue weighted by atomic mass is 19.3. The first kappa shape index (κ1) is 11.8. The Hall–Kier alpha value is -2.23. The first-order valence-corrected chi connectivity index (χ1v) is 5.88. The molecule has 19 heavy (non-hydrogen) atoms. The van der Waals surface area contributed by atoms with Crippen molar-refractivity contribution in [2.45, 2.75) is 12.8 Å². The number of hydrogen-bond acceptors (Lipinski definition) is 2. The Labute approximate surface area is 108 Å². The van der Waals surface area contributed by atoms with Crippen molar-refractivity contribution in [1.82, 2.24) is 4.98 Å². The van der Waals surface area contributed by atoms with Gasteiger partial charge >= 0.3 is 0 Å². The van der Waals surface area contributed by atoms with Crippen LogP contribution in [0.5, 0.6) is 0 Å². The van der Waals surface area contributed by atoms with Gasteiger partial charge in [0.15, 0.2) is 5.58 Å². The molecule has 0 aliphatic carbocycles. The van der Waals surface area contributed by atoms with Gasteiger partial charge in [0.05, 0.1) is 5.56 Å². The number of benzene rings is 1. The van der Waals surface area contributed by atoms with Gasteiger partial charge in [0.25, 0.3) is 5.92 Å². The van der Waals surface area contributed by atoms with Crippen molar-refractivity contribution in [2.75, 3.05) is 0 Å². The molecule has 3 aromatic rings. The minimum absolute atomic E-state index is 0.139. The van der Waals surface area contributed by atoms with Crippen LogP contribution in [0.4, 0.5) is 8.78 Å². The number of fused-ring (bicyclic) bond motifs is 1. The molecule has 0 spiro atoms. The van der Waals surface area contributed by atoms with Gasteiger partial charge in [-0.3, -0.25) is 4.98 Å². The van der Waals surface area contributed by atoms with Crippen LogP contribution >= 0.6 is 0 Å². The van der Waals surface area contributed by atoms with Crippen molar-refractivity contribution in [2.24, 2.45) is 0 Å². The van der Waals surface area contributed by atoms with Crippen LogP contribution < -0.4 is 0 Å². The third kappa shape index (κ3) is 2.10. The van der Waals surface area contributed by atoms with E-state index in [-0.39, 0.29) is 11.1 Å². The van der Waals surface area contributed by atoms with Crippen LogP contribution in [0.2, 0.25) is 0 Å². The Bertz CT molecular complexity index is 714. The maximum Gasteiger partial charge on any atom is 0.274 e. The molecule has 0 saturated heterocycles. The van der Waals surface area contributed by atoms with E-state index >= 15 is 0 Å². The molecule has 3 rings (SSSR count). The van der Waals surface area contributed by atoms with Gasteiger partial charge in [0.2, 0.25) is 0 Å². The fourth-order valence-electron chi connectivity index (χ4n) is 2.03. The quantitative estimate of drug-likeness (QED) is 0.671. The van der Waals surface area contributed by atoms with Crippen LogP contribution in [0.3, 0.4) is 0 Å². The van der Waals surface area contributed by atoms with E-state index in [0.29, 0.717) is 11.3 Å². The highest BCUT2D eigenvalue weighted by molar-refractivity contribution is 5.82. The Balaban J connectivity index is 2.22. The topological polar surface area (TPSA) is 26.0 Å². The molecule has 0 unspecified atom stereocenters. The first-order valence-electron chi connectivity index (χ1n) is 5.88. The molecule has 0 amide bonds. The summed E-state index contributed by atoms with van der Waals surface area (Å²) >= 11 is 0. The summed E-state index contributed by atoms with van der Waals surface area (Å²) in [7, 11) is 0. The van der Waals surface area contributed by atoms with E-state index in [0.717, 1.165) is 12.5 Å². The molecule has 96 valence electrons. The highest BCUT2D eigenvalue weighted by Gasteiger charge is 2.29. The maximum absolute atomic E-state index is 13.5. The van der Waals surface area contributed by atoms with Crippen LogP contribution in [-0.2, 0) is 5.92 Å². The molecule has 1 aromatic carbocycles. The van der Waals surface area contributed by atoms with Gasteiger partial charge in [0, 0.05) is 24.8 Å². The molecule has 0 aliphatic heterocycles. The number of furan rings is 1. The second kappa shape index (κ2) is 4.16. The molecule has 0 atom stereocenters. The molecule has 0 N–H and O–H groups in total. The van der Waals surface area contributed by atoms with Crippen LogP contribution in [-0.4, -0.2) is 4.98 Å². The van der Waals surface area contributed by atoms with Crippen molar-refractivity contribution < 1.29 is 13.2 Å². The van der Waals surface area contributed by atoms with Gasteiger partial charge in [-0.2, -0.15) is 0 Å². The number of aromatic nitrogens is 1. The SMILES string of the molecule is CC(F)(F)c1ccnc2cc(-c3ccccc3)oc12. The molecule has 2 aromatic heterocycles. The van der Waals surface area contributed by atoms with Crippen LogP contribution in [0.1, 0.15) is 12.5 Å². The first-order chi connectivity index (χ1) is 9.05. The summed E-state index contributed by atoms with van der Waals surface area (Å²) < 4.78 is 32.6. The summed E-state index contributed by atoms with van der Waals surface area (Å²) in [6.07, 6.45) is 1.37. The lowest BCUT2D eigenvalue weighted by atomic mass is 10.1. The lowest BCUT2D eigenvalue weighted by Crippen LogP contribution is -2.07. The molecule has 0 fully saturated rings. The number of alkyl halides is 2. The smallest absolute Gasteiger partial charge is 0.274 e. The standard InChI is InChI=1S/C15H11F2NO/c1-15(16,17)11-7-8-18-12-9-13(19-14(11)12)10-5-3-2-4-6-10/h2-9H,1H3. The van der Waals surface area contributed by atoms with E-state index in [4.69, 9.17) is 4.42 Å². The van der Waals surface area contributed by atoms with E-state index in [1.165, 1.54) is 12.3 Å². The van der Waals surface area contributed by atoms with E-state index in [1.807, 2.05) is 30.3 Å². The number of halogens is 2. The molecule has 0 saturated carbocycles. The Morgan fingerprint density at radius 1 is 1.11 bits per heavy atom. The monoisotopic (exact) mass is 259 g/mol. The number of pyridine rings is 1. The summed E-state index contributed by atoms with van der Waals surface area (Å²) in [6, 6.07) is 12.3. The maximum atomic E-state index is 13.5. The Morgan fingerprint density at radius 2 is 1.84 bits per heavy atom. The normalized spacial score (nSPS) is 11.9. The van der Waals surface area contributed by atoms with E-state index in [9.17, 15) is 8.78 Å². The van der Waals surface area contributed by atoms with Crippen LogP contribution in [0, 0.1) is 0 Å². The summed E-state index contributed by atoms with van der Waals surface area (Å²) in [4.78, 5) is 4.07. The molecule has 0 radical (unpaired) electrons. The number of rotatable bonds is 2. The summed E-state index contributed by atoms with van der Waals surface area (Å²) in [5.41, 5.74) is 1.29. The summed E-state index contributed by atoms with van der Waals surface area (Å²) in [5.74, 6) is -2.41. The third-order valence-electron chi connectivity index (χ3n) is 2.94. The van der Waals surface area contributed by atoms with Gasteiger partial charge in [-0.15, -0.1) is 0 Å². The molecule has 0 bridgehead atoms. The summed E-state index contributed by atoms with van der Waals surface area (Å²) in [5, 5.41) is 0. The molecule has 0 aliphatic rings. The predicted octanol–water partition coefficient (Wildman–Crippen LogP) is 4.61. The molecular weight excluding hydrogens is 248 g/mol. The van der Waals surface area contributed by atoms with E-state index in [2.05, 4.69) is 4.98 Å². The van der Waals surface area contributed by atoms with E-state index in [1.54, 1.807) is 6.07 Å².